The first-order chi connectivity index (χ1) is 3.84. The Labute approximate surface area is 50.1 Å². The minimum Gasteiger partial charge on any atom is -0.396 e. The Morgan fingerprint density at radius 2 is 2.50 bits per heavy atom. The van der Waals surface area contributed by atoms with Crippen LogP contribution in [0.15, 0.2) is 0 Å². The van der Waals surface area contributed by atoms with Crippen LogP contribution >= 0.6 is 0 Å². The van der Waals surface area contributed by atoms with Crippen LogP contribution < -0.4 is 0 Å². The summed E-state index contributed by atoms with van der Waals surface area (Å²) in [5, 5.41) is 8.49. The lowest BCUT2D eigenvalue weighted by Crippen LogP contribution is -2.44. The van der Waals surface area contributed by atoms with Crippen LogP contribution in [0.5, 0.6) is 0 Å². The minimum atomic E-state index is 0.342. The van der Waals surface area contributed by atoms with Crippen molar-refractivity contribution in [1.29, 1.82) is 0 Å². The van der Waals surface area contributed by atoms with Gasteiger partial charge in [0.2, 0.25) is 0 Å². The van der Waals surface area contributed by atoms with Gasteiger partial charge in [-0.3, -0.25) is 0 Å². The SMILES string of the molecule is CN1CCC1CCO. The quantitative estimate of drug-likeness (QED) is 0.550. The summed E-state index contributed by atoms with van der Waals surface area (Å²) in [7, 11) is 2.10. The molecule has 0 saturated carbocycles. The number of likely N-dealkylation sites (tertiary alicyclic amines) is 1. The first kappa shape index (κ1) is 6.05. The molecule has 0 spiro atoms. The Morgan fingerprint density at radius 3 is 2.62 bits per heavy atom. The predicted molar refractivity (Wildman–Crippen MR) is 32.7 cm³/mol. The summed E-state index contributed by atoms with van der Waals surface area (Å²) in [6.45, 7) is 1.56. The average Bonchev–Trinajstić information content (AvgIpc) is 1.79. The number of aliphatic hydroxyl groups excluding tert-OH is 1. The molecule has 0 aromatic heterocycles. The van der Waals surface area contributed by atoms with Crippen LogP contribution in [0.2, 0.25) is 0 Å². The molecule has 1 rings (SSSR count). The highest BCUT2D eigenvalue weighted by Crippen LogP contribution is 2.16. The van der Waals surface area contributed by atoms with E-state index in [1.54, 1.807) is 0 Å². The van der Waals surface area contributed by atoms with E-state index < -0.39 is 0 Å². The molecule has 2 heteroatoms. The third-order valence-corrected chi connectivity index (χ3v) is 1.90. The summed E-state index contributed by atoms with van der Waals surface area (Å²) in [4.78, 5) is 2.27. The Kier molecular flexibility index (Phi) is 1.86. The fourth-order valence-electron chi connectivity index (χ4n) is 1.08. The largest absolute Gasteiger partial charge is 0.396 e. The van der Waals surface area contributed by atoms with E-state index in [-0.39, 0.29) is 0 Å². The molecule has 0 bridgehead atoms. The van der Waals surface area contributed by atoms with Gasteiger partial charge in [-0.1, -0.05) is 0 Å². The van der Waals surface area contributed by atoms with Crippen molar-refractivity contribution >= 4 is 0 Å². The maximum absolute atomic E-state index is 8.49. The molecule has 1 heterocycles. The molecule has 2 nitrogen and oxygen atoms in total. The molecular formula is C6H13NO. The molecule has 48 valence electrons. The van der Waals surface area contributed by atoms with E-state index in [1.165, 1.54) is 13.0 Å². The molecule has 1 N–H and O–H groups in total. The molecule has 8 heavy (non-hydrogen) atoms. The van der Waals surface area contributed by atoms with Gasteiger partial charge in [0.1, 0.15) is 0 Å². The third kappa shape index (κ3) is 1.01. The van der Waals surface area contributed by atoms with Crippen molar-refractivity contribution in [2.24, 2.45) is 0 Å². The van der Waals surface area contributed by atoms with Gasteiger partial charge in [0.25, 0.3) is 0 Å². The van der Waals surface area contributed by atoms with Crippen LogP contribution in [-0.2, 0) is 0 Å². The first-order valence-corrected chi connectivity index (χ1v) is 3.15. The maximum Gasteiger partial charge on any atom is 0.0445 e. The summed E-state index contributed by atoms with van der Waals surface area (Å²) in [6.07, 6.45) is 2.23. The van der Waals surface area contributed by atoms with Crippen molar-refractivity contribution in [3.05, 3.63) is 0 Å². The number of aliphatic hydroxyl groups is 1. The normalized spacial score (nSPS) is 30.0. The van der Waals surface area contributed by atoms with Crippen molar-refractivity contribution in [1.82, 2.24) is 4.90 Å². The fraction of sp³-hybridized carbons (Fsp3) is 1.00. The zero-order valence-electron chi connectivity index (χ0n) is 5.30. The standard InChI is InChI=1S/C6H13NO/c1-7-4-2-6(7)3-5-8/h6,8H,2-5H2,1H3. The van der Waals surface area contributed by atoms with Crippen molar-refractivity contribution in [2.45, 2.75) is 18.9 Å². The molecule has 1 unspecified atom stereocenters. The lowest BCUT2D eigenvalue weighted by molar-refractivity contribution is 0.0976. The topological polar surface area (TPSA) is 23.5 Å². The summed E-state index contributed by atoms with van der Waals surface area (Å²) < 4.78 is 0. The molecule has 1 atom stereocenters. The van der Waals surface area contributed by atoms with Gasteiger partial charge in [-0.15, -0.1) is 0 Å². The van der Waals surface area contributed by atoms with Gasteiger partial charge >= 0.3 is 0 Å². The highest BCUT2D eigenvalue weighted by molar-refractivity contribution is 4.78. The smallest absolute Gasteiger partial charge is 0.0445 e. The van der Waals surface area contributed by atoms with E-state index in [4.69, 9.17) is 5.11 Å². The summed E-state index contributed by atoms with van der Waals surface area (Å²) in [6, 6.07) is 0.681. The molecule has 0 aromatic carbocycles. The minimum absolute atomic E-state index is 0.342. The van der Waals surface area contributed by atoms with Crippen molar-refractivity contribution in [3.8, 4) is 0 Å². The van der Waals surface area contributed by atoms with Crippen LogP contribution in [0.4, 0.5) is 0 Å². The van der Waals surface area contributed by atoms with Crippen LogP contribution in [-0.4, -0.2) is 36.2 Å². The van der Waals surface area contributed by atoms with E-state index in [0.29, 0.717) is 12.6 Å². The van der Waals surface area contributed by atoms with E-state index in [1.807, 2.05) is 0 Å². The van der Waals surface area contributed by atoms with Crippen molar-refractivity contribution in [2.75, 3.05) is 20.2 Å². The van der Waals surface area contributed by atoms with Crippen molar-refractivity contribution < 1.29 is 5.11 Å². The lowest BCUT2D eigenvalue weighted by atomic mass is 10.0. The molecular weight excluding hydrogens is 102 g/mol. The summed E-state index contributed by atoms with van der Waals surface area (Å²) >= 11 is 0. The van der Waals surface area contributed by atoms with Crippen LogP contribution in [0, 0.1) is 0 Å². The van der Waals surface area contributed by atoms with E-state index in [0.717, 1.165) is 6.42 Å². The van der Waals surface area contributed by atoms with Gasteiger partial charge in [0, 0.05) is 12.6 Å². The fourth-order valence-corrected chi connectivity index (χ4v) is 1.08. The van der Waals surface area contributed by atoms with Gasteiger partial charge in [0.15, 0.2) is 0 Å². The second-order valence-electron chi connectivity index (χ2n) is 2.44. The number of hydrogen-bond donors (Lipinski definition) is 1. The summed E-state index contributed by atoms with van der Waals surface area (Å²) in [5.41, 5.74) is 0. The Morgan fingerprint density at radius 1 is 1.75 bits per heavy atom. The molecule has 0 radical (unpaired) electrons. The van der Waals surface area contributed by atoms with Gasteiger partial charge < -0.3 is 10.0 Å². The number of rotatable bonds is 2. The van der Waals surface area contributed by atoms with E-state index in [2.05, 4.69) is 11.9 Å². The maximum atomic E-state index is 8.49. The second kappa shape index (κ2) is 2.46. The zero-order chi connectivity index (χ0) is 5.98. The van der Waals surface area contributed by atoms with E-state index >= 15 is 0 Å². The number of hydrogen-bond acceptors (Lipinski definition) is 2. The van der Waals surface area contributed by atoms with E-state index in [9.17, 15) is 0 Å². The van der Waals surface area contributed by atoms with Gasteiger partial charge in [-0.2, -0.15) is 0 Å². The predicted octanol–water partition coefficient (Wildman–Crippen LogP) is 0.0729. The second-order valence-corrected chi connectivity index (χ2v) is 2.44. The molecule has 0 aliphatic carbocycles. The average molecular weight is 115 g/mol. The zero-order valence-corrected chi connectivity index (χ0v) is 5.30. The molecule has 0 aromatic rings. The van der Waals surface area contributed by atoms with Crippen LogP contribution in [0.3, 0.4) is 0 Å². The van der Waals surface area contributed by atoms with Crippen LogP contribution in [0.1, 0.15) is 12.8 Å². The first-order valence-electron chi connectivity index (χ1n) is 3.15. The Balaban J connectivity index is 2.08. The monoisotopic (exact) mass is 115 g/mol. The molecule has 1 fully saturated rings. The number of nitrogens with zero attached hydrogens (tertiary/aromatic N) is 1. The Hall–Kier alpha value is -0.0800. The lowest BCUT2D eigenvalue weighted by Gasteiger charge is -2.37. The van der Waals surface area contributed by atoms with Crippen molar-refractivity contribution in [3.63, 3.8) is 0 Å². The third-order valence-electron chi connectivity index (χ3n) is 1.90. The molecule has 1 aliphatic heterocycles. The molecule has 1 aliphatic rings. The van der Waals surface area contributed by atoms with Gasteiger partial charge in [-0.25, -0.2) is 0 Å². The molecule has 1 saturated heterocycles. The highest BCUT2D eigenvalue weighted by Gasteiger charge is 2.22. The Bertz CT molecular complexity index is 74.9. The van der Waals surface area contributed by atoms with Gasteiger partial charge in [0.05, 0.1) is 0 Å². The van der Waals surface area contributed by atoms with Gasteiger partial charge in [-0.05, 0) is 26.4 Å². The molecule has 0 amide bonds. The summed E-state index contributed by atoms with van der Waals surface area (Å²) in [5.74, 6) is 0. The van der Waals surface area contributed by atoms with Crippen LogP contribution in [0.25, 0.3) is 0 Å². The highest BCUT2D eigenvalue weighted by atomic mass is 16.3.